The van der Waals surface area contributed by atoms with Crippen molar-refractivity contribution in [3.63, 3.8) is 0 Å². The van der Waals surface area contributed by atoms with Gasteiger partial charge in [0.25, 0.3) is 5.91 Å². The monoisotopic (exact) mass is 299 g/mol. The maximum atomic E-state index is 11.7. The summed E-state index contributed by atoms with van der Waals surface area (Å²) >= 11 is 3.28. The number of nitrogens with zero attached hydrogens (tertiary/aromatic N) is 1. The number of halogens is 1. The van der Waals surface area contributed by atoms with E-state index in [1.807, 2.05) is 0 Å². The lowest BCUT2D eigenvalue weighted by atomic mass is 10.1. The predicted molar refractivity (Wildman–Crippen MR) is 64.3 cm³/mol. The van der Waals surface area contributed by atoms with Crippen LogP contribution in [0.15, 0.2) is 22.7 Å². The summed E-state index contributed by atoms with van der Waals surface area (Å²) in [5.74, 6) is -1.29. The van der Waals surface area contributed by atoms with Gasteiger partial charge in [-0.05, 0) is 28.1 Å². The van der Waals surface area contributed by atoms with Crippen molar-refractivity contribution in [2.75, 3.05) is 24.7 Å². The number of amides is 1. The molecule has 0 atom stereocenters. The Kier molecular flexibility index (Phi) is 3.44. The summed E-state index contributed by atoms with van der Waals surface area (Å²) in [6.07, 6.45) is 0. The molecular weight excluding hydrogens is 290 g/mol. The van der Waals surface area contributed by atoms with Crippen LogP contribution in [0.25, 0.3) is 0 Å². The molecular formula is C11H10BrNO4. The van der Waals surface area contributed by atoms with Gasteiger partial charge in [0.2, 0.25) is 0 Å². The van der Waals surface area contributed by atoms with Crippen molar-refractivity contribution < 1.29 is 19.4 Å². The molecule has 1 N–H and O–H groups in total. The number of morpholine rings is 1. The van der Waals surface area contributed by atoms with E-state index in [1.165, 1.54) is 11.0 Å². The van der Waals surface area contributed by atoms with Crippen LogP contribution in [0.3, 0.4) is 0 Å². The maximum absolute atomic E-state index is 11.7. The van der Waals surface area contributed by atoms with Crippen molar-refractivity contribution in [3.05, 3.63) is 28.2 Å². The van der Waals surface area contributed by atoms with Crippen LogP contribution < -0.4 is 4.90 Å². The van der Waals surface area contributed by atoms with Crippen LogP contribution in [0.2, 0.25) is 0 Å². The summed E-state index contributed by atoms with van der Waals surface area (Å²) in [7, 11) is 0. The summed E-state index contributed by atoms with van der Waals surface area (Å²) in [6, 6.07) is 4.82. The lowest BCUT2D eigenvalue weighted by Gasteiger charge is -2.28. The quantitative estimate of drug-likeness (QED) is 0.899. The molecule has 1 aromatic rings. The average molecular weight is 300 g/mol. The van der Waals surface area contributed by atoms with E-state index in [0.29, 0.717) is 23.3 Å². The van der Waals surface area contributed by atoms with E-state index in [2.05, 4.69) is 15.9 Å². The number of carbonyl (C=O) groups is 2. The van der Waals surface area contributed by atoms with Crippen LogP contribution in [-0.4, -0.2) is 36.7 Å². The van der Waals surface area contributed by atoms with E-state index in [9.17, 15) is 9.59 Å². The van der Waals surface area contributed by atoms with Crippen molar-refractivity contribution in [3.8, 4) is 0 Å². The molecule has 0 aromatic heterocycles. The van der Waals surface area contributed by atoms with Crippen molar-refractivity contribution in [2.45, 2.75) is 0 Å². The highest BCUT2D eigenvalue weighted by atomic mass is 79.9. The van der Waals surface area contributed by atoms with Crippen LogP contribution in [0.5, 0.6) is 0 Å². The standard InChI is InChI=1S/C11H10BrNO4/c12-8-3-1-2-7(11(15)16)10(8)13-4-5-17-6-9(13)14/h1-3H,4-6H2,(H,15,16). The highest BCUT2D eigenvalue weighted by Gasteiger charge is 2.26. The molecule has 1 saturated heterocycles. The summed E-state index contributed by atoms with van der Waals surface area (Å²) in [5, 5.41) is 9.12. The first kappa shape index (κ1) is 12.1. The van der Waals surface area contributed by atoms with Crippen molar-refractivity contribution in [1.82, 2.24) is 0 Å². The van der Waals surface area contributed by atoms with Crippen LogP contribution in [0.1, 0.15) is 10.4 Å². The number of hydrogen-bond donors (Lipinski definition) is 1. The largest absolute Gasteiger partial charge is 0.478 e. The third-order valence-electron chi connectivity index (χ3n) is 2.47. The molecule has 0 unspecified atom stereocenters. The Bertz CT molecular complexity index is 475. The number of ether oxygens (including phenoxy) is 1. The topological polar surface area (TPSA) is 66.8 Å². The highest BCUT2D eigenvalue weighted by molar-refractivity contribution is 9.10. The number of anilines is 1. The van der Waals surface area contributed by atoms with Gasteiger partial charge in [0, 0.05) is 11.0 Å². The molecule has 1 heterocycles. The Hall–Kier alpha value is -1.40. The third kappa shape index (κ3) is 2.32. The Morgan fingerprint density at radius 2 is 2.24 bits per heavy atom. The summed E-state index contributed by atoms with van der Waals surface area (Å²) in [4.78, 5) is 24.3. The number of aromatic carboxylic acids is 1. The number of rotatable bonds is 2. The van der Waals surface area contributed by atoms with Crippen molar-refractivity contribution in [2.24, 2.45) is 0 Å². The number of hydrogen-bond acceptors (Lipinski definition) is 3. The van der Waals surface area contributed by atoms with E-state index in [-0.39, 0.29) is 18.1 Å². The van der Waals surface area contributed by atoms with Gasteiger partial charge < -0.3 is 14.7 Å². The normalized spacial score (nSPS) is 16.1. The van der Waals surface area contributed by atoms with Gasteiger partial charge in [-0.25, -0.2) is 4.79 Å². The van der Waals surface area contributed by atoms with Gasteiger partial charge in [-0.15, -0.1) is 0 Å². The molecule has 2 rings (SSSR count). The fourth-order valence-electron chi connectivity index (χ4n) is 1.72. The Balaban J connectivity index is 2.49. The molecule has 0 aliphatic carbocycles. The molecule has 1 aromatic carbocycles. The SMILES string of the molecule is O=C(O)c1cccc(Br)c1N1CCOCC1=O. The van der Waals surface area contributed by atoms with Gasteiger partial charge in [0.15, 0.2) is 0 Å². The first-order chi connectivity index (χ1) is 8.11. The van der Waals surface area contributed by atoms with Crippen LogP contribution in [0.4, 0.5) is 5.69 Å². The Morgan fingerprint density at radius 3 is 2.88 bits per heavy atom. The van der Waals surface area contributed by atoms with E-state index in [1.54, 1.807) is 12.1 Å². The van der Waals surface area contributed by atoms with E-state index < -0.39 is 5.97 Å². The highest BCUT2D eigenvalue weighted by Crippen LogP contribution is 2.31. The molecule has 1 amide bonds. The smallest absolute Gasteiger partial charge is 0.337 e. The first-order valence-electron chi connectivity index (χ1n) is 5.01. The number of carboxylic acids is 1. The third-order valence-corrected chi connectivity index (χ3v) is 3.11. The molecule has 0 bridgehead atoms. The Morgan fingerprint density at radius 1 is 1.47 bits per heavy atom. The number of carbonyl (C=O) groups excluding carboxylic acids is 1. The predicted octanol–water partition coefficient (Wildman–Crippen LogP) is 1.51. The number of benzene rings is 1. The Labute approximate surface area is 106 Å². The van der Waals surface area contributed by atoms with E-state index >= 15 is 0 Å². The zero-order valence-electron chi connectivity index (χ0n) is 8.85. The molecule has 0 saturated carbocycles. The van der Waals surface area contributed by atoms with Gasteiger partial charge >= 0.3 is 5.97 Å². The van der Waals surface area contributed by atoms with Crippen LogP contribution in [-0.2, 0) is 9.53 Å². The zero-order chi connectivity index (χ0) is 12.4. The molecule has 6 heteroatoms. The second-order valence-electron chi connectivity index (χ2n) is 3.54. The number of para-hydroxylation sites is 1. The van der Waals surface area contributed by atoms with E-state index in [4.69, 9.17) is 9.84 Å². The van der Waals surface area contributed by atoms with Gasteiger partial charge in [-0.2, -0.15) is 0 Å². The molecule has 17 heavy (non-hydrogen) atoms. The lowest BCUT2D eigenvalue weighted by Crippen LogP contribution is -2.42. The van der Waals surface area contributed by atoms with Gasteiger partial charge in [0.05, 0.1) is 17.9 Å². The average Bonchev–Trinajstić information content (AvgIpc) is 2.30. The molecule has 1 aliphatic heterocycles. The summed E-state index contributed by atoms with van der Waals surface area (Å²) in [5.41, 5.74) is 0.503. The van der Waals surface area contributed by atoms with Gasteiger partial charge in [-0.1, -0.05) is 6.07 Å². The molecule has 90 valence electrons. The maximum Gasteiger partial charge on any atom is 0.337 e. The second kappa shape index (κ2) is 4.85. The van der Waals surface area contributed by atoms with Crippen LogP contribution >= 0.6 is 15.9 Å². The molecule has 0 radical (unpaired) electrons. The summed E-state index contributed by atoms with van der Waals surface area (Å²) < 4.78 is 5.61. The number of carboxylic acid groups (broad SMARTS) is 1. The molecule has 5 nitrogen and oxygen atoms in total. The van der Waals surface area contributed by atoms with Crippen molar-refractivity contribution in [1.29, 1.82) is 0 Å². The summed E-state index contributed by atoms with van der Waals surface area (Å²) in [6.45, 7) is 0.758. The van der Waals surface area contributed by atoms with E-state index in [0.717, 1.165) is 0 Å². The minimum atomic E-state index is -1.06. The fourth-order valence-corrected chi connectivity index (χ4v) is 2.30. The minimum absolute atomic E-state index is 0.0135. The van der Waals surface area contributed by atoms with Gasteiger partial charge in [0.1, 0.15) is 6.61 Å². The molecule has 1 aliphatic rings. The van der Waals surface area contributed by atoms with Crippen LogP contribution in [0, 0.1) is 0 Å². The molecule has 1 fully saturated rings. The fraction of sp³-hybridized carbons (Fsp3) is 0.273. The van der Waals surface area contributed by atoms with Gasteiger partial charge in [-0.3, -0.25) is 4.79 Å². The van der Waals surface area contributed by atoms with Crippen molar-refractivity contribution >= 4 is 33.5 Å². The zero-order valence-corrected chi connectivity index (χ0v) is 10.4. The lowest BCUT2D eigenvalue weighted by molar-refractivity contribution is -0.125. The first-order valence-corrected chi connectivity index (χ1v) is 5.80. The second-order valence-corrected chi connectivity index (χ2v) is 4.39. The minimum Gasteiger partial charge on any atom is -0.478 e. The molecule has 0 spiro atoms.